The minimum atomic E-state index is -4.46. The predicted octanol–water partition coefficient (Wildman–Crippen LogP) is 1.59. The second-order valence-electron chi connectivity index (χ2n) is 6.52. The van der Waals surface area contributed by atoms with Gasteiger partial charge in [-0.15, -0.1) is 0 Å². The summed E-state index contributed by atoms with van der Waals surface area (Å²) in [5, 5.41) is 0. The van der Waals surface area contributed by atoms with Crippen molar-refractivity contribution in [2.75, 3.05) is 32.7 Å². The molecule has 0 saturated carbocycles. The number of carbonyl (C=O) groups excluding carboxylic acids is 1. The number of halogens is 2. The van der Waals surface area contributed by atoms with Gasteiger partial charge in [-0.2, -0.15) is 0 Å². The quantitative estimate of drug-likeness (QED) is 0.787. The van der Waals surface area contributed by atoms with Gasteiger partial charge < -0.3 is 4.90 Å². The average Bonchev–Trinajstić information content (AvgIpc) is 2.67. The lowest BCUT2D eigenvalue weighted by molar-refractivity contribution is -0.131. The molecule has 0 aliphatic carbocycles. The van der Waals surface area contributed by atoms with Crippen LogP contribution in [-0.4, -0.2) is 56.8 Å². The van der Waals surface area contributed by atoms with Crippen LogP contribution in [0.2, 0.25) is 0 Å². The monoisotopic (exact) mass is 409 g/mol. The maximum atomic E-state index is 13.7. The first-order chi connectivity index (χ1) is 13.4. The first-order valence-electron chi connectivity index (χ1n) is 8.84. The van der Waals surface area contributed by atoms with Crippen molar-refractivity contribution in [3.8, 4) is 0 Å². The van der Waals surface area contributed by atoms with Crippen molar-refractivity contribution in [1.29, 1.82) is 0 Å². The van der Waals surface area contributed by atoms with Crippen LogP contribution < -0.4 is 4.72 Å². The molecule has 1 heterocycles. The number of hydrogen-bond donors (Lipinski definition) is 1. The van der Waals surface area contributed by atoms with Gasteiger partial charge in [-0.05, 0) is 17.7 Å². The average molecular weight is 409 g/mol. The normalized spacial score (nSPS) is 15.6. The molecule has 2 aromatic rings. The van der Waals surface area contributed by atoms with E-state index in [-0.39, 0.29) is 0 Å². The lowest BCUT2D eigenvalue weighted by Crippen LogP contribution is -2.50. The number of hydrogen-bond acceptors (Lipinski definition) is 4. The fraction of sp³-hybridized carbons (Fsp3) is 0.316. The topological polar surface area (TPSA) is 69.7 Å². The van der Waals surface area contributed by atoms with Gasteiger partial charge in [0.1, 0.15) is 11.6 Å². The molecule has 1 fully saturated rings. The molecule has 1 aliphatic rings. The molecule has 1 saturated heterocycles. The fourth-order valence-electron chi connectivity index (χ4n) is 3.08. The van der Waals surface area contributed by atoms with E-state index < -0.39 is 39.0 Å². The van der Waals surface area contributed by atoms with Gasteiger partial charge in [0.2, 0.25) is 15.9 Å². The van der Waals surface area contributed by atoms with E-state index in [9.17, 15) is 22.0 Å². The molecule has 0 bridgehead atoms. The summed E-state index contributed by atoms with van der Waals surface area (Å²) in [6.07, 6.45) is 0. The van der Waals surface area contributed by atoms with Crippen LogP contribution in [0.3, 0.4) is 0 Å². The molecule has 9 heteroatoms. The van der Waals surface area contributed by atoms with E-state index in [1.807, 2.05) is 35.1 Å². The molecule has 3 rings (SSSR count). The van der Waals surface area contributed by atoms with Crippen LogP contribution in [0.15, 0.2) is 53.4 Å². The van der Waals surface area contributed by atoms with Crippen LogP contribution in [-0.2, 0) is 21.4 Å². The first-order valence-corrected chi connectivity index (χ1v) is 10.3. The van der Waals surface area contributed by atoms with Gasteiger partial charge in [0.15, 0.2) is 4.90 Å². The predicted molar refractivity (Wildman–Crippen MR) is 99.8 cm³/mol. The Morgan fingerprint density at radius 2 is 1.54 bits per heavy atom. The van der Waals surface area contributed by atoms with Crippen molar-refractivity contribution >= 4 is 15.9 Å². The molecule has 0 atom stereocenters. The molecule has 0 radical (unpaired) electrons. The van der Waals surface area contributed by atoms with Crippen LogP contribution in [0, 0.1) is 11.6 Å². The number of piperazine rings is 1. The van der Waals surface area contributed by atoms with Crippen molar-refractivity contribution in [2.24, 2.45) is 0 Å². The number of sulfonamides is 1. The molecule has 0 spiro atoms. The molecule has 1 N–H and O–H groups in total. The number of amides is 1. The molecular weight excluding hydrogens is 388 g/mol. The van der Waals surface area contributed by atoms with Crippen molar-refractivity contribution in [3.05, 3.63) is 65.7 Å². The van der Waals surface area contributed by atoms with Crippen LogP contribution >= 0.6 is 0 Å². The second kappa shape index (κ2) is 8.76. The third-order valence-electron chi connectivity index (χ3n) is 4.58. The maximum Gasteiger partial charge on any atom is 0.246 e. The Hall–Kier alpha value is -2.36. The number of rotatable bonds is 6. The maximum absolute atomic E-state index is 13.7. The van der Waals surface area contributed by atoms with E-state index in [0.29, 0.717) is 26.2 Å². The summed E-state index contributed by atoms with van der Waals surface area (Å²) in [4.78, 5) is 15.0. The zero-order valence-electron chi connectivity index (χ0n) is 15.1. The summed E-state index contributed by atoms with van der Waals surface area (Å²) >= 11 is 0. The molecule has 2 aromatic carbocycles. The Morgan fingerprint density at radius 1 is 0.929 bits per heavy atom. The highest BCUT2D eigenvalue weighted by molar-refractivity contribution is 7.89. The summed E-state index contributed by atoms with van der Waals surface area (Å²) in [6, 6.07) is 12.7. The largest absolute Gasteiger partial charge is 0.339 e. The molecule has 0 aromatic heterocycles. The molecule has 6 nitrogen and oxygen atoms in total. The number of nitrogens with one attached hydrogen (secondary N) is 1. The van der Waals surface area contributed by atoms with Crippen molar-refractivity contribution < 1.29 is 22.0 Å². The van der Waals surface area contributed by atoms with Crippen LogP contribution in [0.25, 0.3) is 0 Å². The minimum Gasteiger partial charge on any atom is -0.339 e. The summed E-state index contributed by atoms with van der Waals surface area (Å²) < 4.78 is 53.7. The zero-order chi connectivity index (χ0) is 20.1. The summed E-state index contributed by atoms with van der Waals surface area (Å²) in [5.41, 5.74) is 1.18. The summed E-state index contributed by atoms with van der Waals surface area (Å²) in [6.45, 7) is 2.48. The van der Waals surface area contributed by atoms with Gasteiger partial charge in [-0.25, -0.2) is 21.9 Å². The van der Waals surface area contributed by atoms with Crippen LogP contribution in [0.5, 0.6) is 0 Å². The van der Waals surface area contributed by atoms with E-state index >= 15 is 0 Å². The highest BCUT2D eigenvalue weighted by Gasteiger charge is 2.26. The third-order valence-corrected chi connectivity index (χ3v) is 6.03. The van der Waals surface area contributed by atoms with Crippen molar-refractivity contribution in [1.82, 2.24) is 14.5 Å². The third kappa shape index (κ3) is 4.92. The Labute approximate surface area is 162 Å². The van der Waals surface area contributed by atoms with Crippen LogP contribution in [0.4, 0.5) is 8.78 Å². The number of benzene rings is 2. The smallest absolute Gasteiger partial charge is 0.246 e. The second-order valence-corrected chi connectivity index (χ2v) is 8.22. The Kier molecular flexibility index (Phi) is 6.38. The number of carbonyl (C=O) groups is 1. The van der Waals surface area contributed by atoms with Gasteiger partial charge in [0.25, 0.3) is 0 Å². The van der Waals surface area contributed by atoms with Crippen molar-refractivity contribution in [2.45, 2.75) is 11.4 Å². The van der Waals surface area contributed by atoms with Gasteiger partial charge in [0, 0.05) is 32.7 Å². The molecule has 28 heavy (non-hydrogen) atoms. The Bertz CT molecular complexity index is 910. The Balaban J connectivity index is 1.52. The van der Waals surface area contributed by atoms with Gasteiger partial charge in [-0.1, -0.05) is 36.4 Å². The van der Waals surface area contributed by atoms with Crippen LogP contribution in [0.1, 0.15) is 5.56 Å². The molecule has 0 unspecified atom stereocenters. The van der Waals surface area contributed by atoms with E-state index in [2.05, 4.69) is 4.90 Å². The SMILES string of the molecule is O=C(CNS(=O)(=O)c1c(F)cccc1F)N1CCN(Cc2ccccc2)CC1. The standard InChI is InChI=1S/C19H21F2N3O3S/c20-16-7-4-8-17(21)19(16)28(26,27)22-13-18(25)24-11-9-23(10-12-24)14-15-5-2-1-3-6-15/h1-8,22H,9-14H2. The van der Waals surface area contributed by atoms with Gasteiger partial charge in [-0.3, -0.25) is 9.69 Å². The lowest BCUT2D eigenvalue weighted by Gasteiger charge is -2.34. The Morgan fingerprint density at radius 3 is 2.14 bits per heavy atom. The number of nitrogens with zero attached hydrogens (tertiary/aromatic N) is 2. The molecule has 150 valence electrons. The summed E-state index contributed by atoms with van der Waals surface area (Å²) in [7, 11) is -4.46. The van der Waals surface area contributed by atoms with E-state index in [1.54, 1.807) is 4.90 Å². The van der Waals surface area contributed by atoms with Crippen molar-refractivity contribution in [3.63, 3.8) is 0 Å². The van der Waals surface area contributed by atoms with E-state index in [4.69, 9.17) is 0 Å². The highest BCUT2D eigenvalue weighted by Crippen LogP contribution is 2.18. The van der Waals surface area contributed by atoms with Gasteiger partial charge >= 0.3 is 0 Å². The molecule has 1 aliphatic heterocycles. The lowest BCUT2D eigenvalue weighted by atomic mass is 10.2. The first kappa shape index (κ1) is 20.4. The molecule has 1 amide bonds. The fourth-order valence-corrected chi connectivity index (χ4v) is 4.18. The highest BCUT2D eigenvalue weighted by atomic mass is 32.2. The van der Waals surface area contributed by atoms with E-state index in [0.717, 1.165) is 24.7 Å². The van der Waals surface area contributed by atoms with E-state index in [1.165, 1.54) is 5.56 Å². The minimum absolute atomic E-state index is 0.431. The summed E-state index contributed by atoms with van der Waals surface area (Å²) in [5.74, 6) is -2.83. The zero-order valence-corrected chi connectivity index (χ0v) is 16.0. The molecular formula is C19H21F2N3O3S. The van der Waals surface area contributed by atoms with Gasteiger partial charge in [0.05, 0.1) is 6.54 Å².